The van der Waals surface area contributed by atoms with Crippen molar-refractivity contribution in [3.05, 3.63) is 64.2 Å². The maximum Gasteiger partial charge on any atom is 0.246 e. The number of tetrazole rings is 1. The van der Waals surface area contributed by atoms with Gasteiger partial charge in [0, 0.05) is 26.2 Å². The van der Waals surface area contributed by atoms with Gasteiger partial charge in [0.1, 0.15) is 10.7 Å². The summed E-state index contributed by atoms with van der Waals surface area (Å²) in [7, 11) is -3.87. The Kier molecular flexibility index (Phi) is 6.02. The zero-order valence-corrected chi connectivity index (χ0v) is 18.9. The number of halogens is 1. The highest BCUT2D eigenvalue weighted by Crippen LogP contribution is 2.21. The van der Waals surface area contributed by atoms with Crippen molar-refractivity contribution >= 4 is 22.2 Å². The Morgan fingerprint density at radius 2 is 1.74 bits per heavy atom. The van der Waals surface area contributed by atoms with Gasteiger partial charge in [-0.3, -0.25) is 4.90 Å². The maximum atomic E-state index is 14.0. The summed E-state index contributed by atoms with van der Waals surface area (Å²) in [5, 5.41) is 8.38. The van der Waals surface area contributed by atoms with E-state index in [1.54, 1.807) is 9.36 Å². The summed E-state index contributed by atoms with van der Waals surface area (Å²) in [4.78, 5) is 1.76. The lowest BCUT2D eigenvalue weighted by Gasteiger charge is -2.33. The Morgan fingerprint density at radius 3 is 2.42 bits per heavy atom. The average molecular weight is 463 g/mol. The van der Waals surface area contributed by atoms with Crippen molar-refractivity contribution in [1.29, 1.82) is 0 Å². The van der Waals surface area contributed by atoms with Crippen molar-refractivity contribution in [2.75, 3.05) is 26.2 Å². The van der Waals surface area contributed by atoms with E-state index in [-0.39, 0.29) is 18.0 Å². The predicted octanol–water partition coefficient (Wildman–Crippen LogP) is 2.52. The summed E-state index contributed by atoms with van der Waals surface area (Å²) < 4.78 is 44.5. The molecule has 0 bridgehead atoms. The molecule has 1 aromatic heterocycles. The van der Waals surface area contributed by atoms with Gasteiger partial charge < -0.3 is 0 Å². The predicted molar refractivity (Wildman–Crippen MR) is 116 cm³/mol. The monoisotopic (exact) mass is 462 g/mol. The fourth-order valence-corrected chi connectivity index (χ4v) is 5.37. The first-order valence-corrected chi connectivity index (χ1v) is 11.7. The number of aromatic nitrogens is 4. The molecule has 4 rings (SSSR count). The molecule has 1 aliphatic heterocycles. The topological polar surface area (TPSA) is 76.3 Å². The Morgan fingerprint density at radius 1 is 1.03 bits per heavy atom. The molecule has 0 unspecified atom stereocenters. The number of piperazine rings is 1. The fraction of sp³-hybridized carbons (Fsp3) is 0.350. The van der Waals surface area contributed by atoms with E-state index in [0.29, 0.717) is 24.5 Å². The van der Waals surface area contributed by atoms with Crippen LogP contribution >= 0.6 is 12.2 Å². The van der Waals surface area contributed by atoms with E-state index in [4.69, 9.17) is 12.2 Å². The third-order valence-corrected chi connectivity index (χ3v) is 7.66. The molecule has 1 aliphatic rings. The van der Waals surface area contributed by atoms with E-state index in [9.17, 15) is 12.8 Å². The van der Waals surface area contributed by atoms with Gasteiger partial charge >= 0.3 is 0 Å². The van der Waals surface area contributed by atoms with Gasteiger partial charge in [-0.15, -0.1) is 0 Å². The molecule has 1 fully saturated rings. The molecule has 2 heterocycles. The number of benzene rings is 2. The summed E-state index contributed by atoms with van der Waals surface area (Å²) in [5.74, 6) is -0.737. The van der Waals surface area contributed by atoms with Crippen molar-refractivity contribution in [1.82, 2.24) is 29.0 Å². The van der Waals surface area contributed by atoms with E-state index < -0.39 is 15.8 Å². The first-order valence-electron chi connectivity index (χ1n) is 9.85. The Hall–Kier alpha value is -2.47. The van der Waals surface area contributed by atoms with Gasteiger partial charge in [-0.25, -0.2) is 17.5 Å². The third kappa shape index (κ3) is 4.31. The lowest BCUT2D eigenvalue weighted by molar-refractivity contribution is 0.143. The zero-order chi connectivity index (χ0) is 22.2. The van der Waals surface area contributed by atoms with Gasteiger partial charge in [-0.05, 0) is 60.3 Å². The van der Waals surface area contributed by atoms with Gasteiger partial charge in [0.05, 0.1) is 12.4 Å². The molecular formula is C20H23FN6O2S2. The quantitative estimate of drug-likeness (QED) is 0.543. The zero-order valence-electron chi connectivity index (χ0n) is 17.3. The van der Waals surface area contributed by atoms with Crippen molar-refractivity contribution in [3.63, 3.8) is 0 Å². The van der Waals surface area contributed by atoms with Crippen LogP contribution in [-0.4, -0.2) is 63.6 Å². The molecule has 0 saturated carbocycles. The minimum atomic E-state index is -3.87. The third-order valence-electron chi connectivity index (χ3n) is 5.34. The normalized spacial score (nSPS) is 16.0. The van der Waals surface area contributed by atoms with E-state index in [2.05, 4.69) is 16.5 Å². The number of nitrogens with zero attached hydrogens (tertiary/aromatic N) is 6. The van der Waals surface area contributed by atoms with Crippen LogP contribution in [-0.2, 0) is 16.7 Å². The van der Waals surface area contributed by atoms with Crippen molar-refractivity contribution in [2.45, 2.75) is 25.4 Å². The van der Waals surface area contributed by atoms with Crippen LogP contribution in [0.1, 0.15) is 11.1 Å². The Bertz CT molecular complexity index is 1260. The first kappa shape index (κ1) is 21.8. The average Bonchev–Trinajstić information content (AvgIpc) is 3.09. The molecule has 0 radical (unpaired) electrons. The molecule has 0 N–H and O–H groups in total. The van der Waals surface area contributed by atoms with Crippen LogP contribution in [0.4, 0.5) is 4.39 Å². The van der Waals surface area contributed by atoms with Gasteiger partial charge in [0.25, 0.3) is 0 Å². The SMILES string of the molecule is Cc1ccc(-n2nnn(CN3CCN(S(=O)(=O)c4ccccc4F)CC3)c2=S)c(C)c1. The van der Waals surface area contributed by atoms with Gasteiger partial charge in [0.15, 0.2) is 0 Å². The van der Waals surface area contributed by atoms with Crippen LogP contribution in [0, 0.1) is 24.4 Å². The lowest BCUT2D eigenvalue weighted by atomic mass is 10.1. The molecule has 11 heteroatoms. The van der Waals surface area contributed by atoms with Gasteiger partial charge in [0.2, 0.25) is 14.8 Å². The van der Waals surface area contributed by atoms with E-state index >= 15 is 0 Å². The van der Waals surface area contributed by atoms with Crippen molar-refractivity contribution in [3.8, 4) is 5.69 Å². The largest absolute Gasteiger partial charge is 0.282 e. The Labute approximate surface area is 185 Å². The molecule has 3 aromatic rings. The summed E-state index contributed by atoms with van der Waals surface area (Å²) in [6, 6.07) is 11.5. The molecule has 164 valence electrons. The summed E-state index contributed by atoms with van der Waals surface area (Å²) >= 11 is 5.56. The second kappa shape index (κ2) is 8.58. The molecule has 2 aromatic carbocycles. The maximum absolute atomic E-state index is 14.0. The van der Waals surface area contributed by atoms with Crippen LogP contribution < -0.4 is 0 Å². The number of hydrogen-bond donors (Lipinski definition) is 0. The molecule has 1 saturated heterocycles. The number of rotatable bonds is 5. The summed E-state index contributed by atoms with van der Waals surface area (Å²) in [6.45, 7) is 5.90. The molecular weight excluding hydrogens is 439 g/mol. The molecule has 0 atom stereocenters. The lowest BCUT2D eigenvalue weighted by Crippen LogP contribution is -2.49. The minimum Gasteiger partial charge on any atom is -0.282 e. The molecule has 0 amide bonds. The highest BCUT2D eigenvalue weighted by molar-refractivity contribution is 7.89. The van der Waals surface area contributed by atoms with E-state index in [0.717, 1.165) is 22.9 Å². The minimum absolute atomic E-state index is 0.259. The summed E-state index contributed by atoms with van der Waals surface area (Å²) in [5.41, 5.74) is 3.08. The van der Waals surface area contributed by atoms with Crippen LogP contribution in [0.5, 0.6) is 0 Å². The number of aryl methyl sites for hydroxylation is 2. The van der Waals surface area contributed by atoms with Crippen molar-refractivity contribution < 1.29 is 12.8 Å². The van der Waals surface area contributed by atoms with Gasteiger partial charge in [-0.1, -0.05) is 29.8 Å². The first-order chi connectivity index (χ1) is 14.8. The van der Waals surface area contributed by atoms with Crippen LogP contribution in [0.15, 0.2) is 47.4 Å². The molecule has 0 aliphatic carbocycles. The second-order valence-electron chi connectivity index (χ2n) is 7.56. The van der Waals surface area contributed by atoms with Crippen LogP contribution in [0.3, 0.4) is 0 Å². The molecule has 31 heavy (non-hydrogen) atoms. The molecule has 0 spiro atoms. The fourth-order valence-electron chi connectivity index (χ4n) is 3.65. The van der Waals surface area contributed by atoms with Crippen LogP contribution in [0.25, 0.3) is 5.69 Å². The standard InChI is InChI=1S/C20H23FN6O2S2/c1-15-7-8-18(16(2)13-15)27-20(30)26(22-23-27)14-24-9-11-25(12-10-24)31(28,29)19-6-4-3-5-17(19)21/h3-8,13H,9-12,14H2,1-2H3. The van der Waals surface area contributed by atoms with Crippen LogP contribution in [0.2, 0.25) is 0 Å². The number of sulfonamides is 1. The van der Waals surface area contributed by atoms with Gasteiger partial charge in [-0.2, -0.15) is 8.99 Å². The molecule has 8 nitrogen and oxygen atoms in total. The highest BCUT2D eigenvalue weighted by atomic mass is 32.2. The highest BCUT2D eigenvalue weighted by Gasteiger charge is 2.30. The second-order valence-corrected chi connectivity index (χ2v) is 9.83. The number of hydrogen-bond acceptors (Lipinski definition) is 6. The van der Waals surface area contributed by atoms with E-state index in [1.807, 2.05) is 30.9 Å². The Balaban J connectivity index is 1.45. The van der Waals surface area contributed by atoms with Crippen molar-refractivity contribution in [2.24, 2.45) is 0 Å². The smallest absolute Gasteiger partial charge is 0.246 e. The van der Waals surface area contributed by atoms with E-state index in [1.165, 1.54) is 22.5 Å². The summed E-state index contributed by atoms with van der Waals surface area (Å²) in [6.07, 6.45) is 0.